The molecule has 0 aliphatic carbocycles. The zero-order valence-electron chi connectivity index (χ0n) is 16.3. The smallest absolute Gasteiger partial charge is 0.252 e. The van der Waals surface area contributed by atoms with Crippen LogP contribution in [0.5, 0.6) is 5.75 Å². The van der Waals surface area contributed by atoms with Crippen LogP contribution in [-0.4, -0.2) is 31.6 Å². The average molecular weight is 384 g/mol. The summed E-state index contributed by atoms with van der Waals surface area (Å²) in [5, 5.41) is 2.89. The van der Waals surface area contributed by atoms with Gasteiger partial charge in [-0.3, -0.25) is 9.59 Å². The number of nitrogens with two attached hydrogens (primary N) is 1. The Bertz CT molecular complexity index is 777. The molecule has 150 valence electrons. The van der Waals surface area contributed by atoms with Gasteiger partial charge in [0.2, 0.25) is 0 Å². The Morgan fingerprint density at radius 3 is 2.61 bits per heavy atom. The van der Waals surface area contributed by atoms with Gasteiger partial charge in [-0.1, -0.05) is 37.6 Å². The van der Waals surface area contributed by atoms with Crippen molar-refractivity contribution in [2.24, 2.45) is 5.73 Å². The fourth-order valence-corrected chi connectivity index (χ4v) is 2.59. The Balaban J connectivity index is 1.83. The third-order valence-electron chi connectivity index (χ3n) is 4.13. The molecule has 6 nitrogen and oxygen atoms in total. The summed E-state index contributed by atoms with van der Waals surface area (Å²) in [6, 6.07) is 14.0. The van der Waals surface area contributed by atoms with Crippen molar-refractivity contribution in [1.82, 2.24) is 5.32 Å². The number of para-hydroxylation sites is 1. The van der Waals surface area contributed by atoms with Crippen LogP contribution < -0.4 is 15.8 Å². The van der Waals surface area contributed by atoms with E-state index in [4.69, 9.17) is 15.2 Å². The van der Waals surface area contributed by atoms with Crippen LogP contribution in [0.4, 0.5) is 0 Å². The maximum absolute atomic E-state index is 12.3. The molecule has 0 bridgehead atoms. The van der Waals surface area contributed by atoms with Gasteiger partial charge in [-0.2, -0.15) is 0 Å². The fourth-order valence-electron chi connectivity index (χ4n) is 2.59. The van der Waals surface area contributed by atoms with Gasteiger partial charge in [-0.15, -0.1) is 0 Å². The number of nitrogens with one attached hydrogen (secondary N) is 1. The lowest BCUT2D eigenvalue weighted by Gasteiger charge is -2.11. The molecule has 2 rings (SSSR count). The van der Waals surface area contributed by atoms with Crippen LogP contribution >= 0.6 is 0 Å². The second-order valence-corrected chi connectivity index (χ2v) is 6.42. The molecule has 2 amide bonds. The second-order valence-electron chi connectivity index (χ2n) is 6.42. The van der Waals surface area contributed by atoms with Crippen LogP contribution in [0.15, 0.2) is 48.5 Å². The topological polar surface area (TPSA) is 90.7 Å². The number of rotatable bonds is 12. The summed E-state index contributed by atoms with van der Waals surface area (Å²) in [4.78, 5) is 23.8. The maximum atomic E-state index is 12.3. The van der Waals surface area contributed by atoms with E-state index in [1.54, 1.807) is 42.5 Å². The maximum Gasteiger partial charge on any atom is 0.252 e. The minimum Gasteiger partial charge on any atom is -0.488 e. The third kappa shape index (κ3) is 7.04. The number of carbonyl (C=O) groups is 2. The van der Waals surface area contributed by atoms with Gasteiger partial charge in [0.15, 0.2) is 0 Å². The van der Waals surface area contributed by atoms with Crippen LogP contribution in [0.1, 0.15) is 52.5 Å². The Kier molecular flexibility index (Phi) is 9.01. The molecule has 6 heteroatoms. The van der Waals surface area contributed by atoms with Crippen molar-refractivity contribution in [3.05, 3.63) is 65.2 Å². The van der Waals surface area contributed by atoms with Crippen molar-refractivity contribution in [2.75, 3.05) is 19.8 Å². The molecule has 0 aliphatic heterocycles. The number of hydrogen-bond acceptors (Lipinski definition) is 4. The predicted molar refractivity (Wildman–Crippen MR) is 108 cm³/mol. The monoisotopic (exact) mass is 384 g/mol. The van der Waals surface area contributed by atoms with E-state index in [9.17, 15) is 9.59 Å². The van der Waals surface area contributed by atoms with E-state index >= 15 is 0 Å². The van der Waals surface area contributed by atoms with Crippen LogP contribution in [0.3, 0.4) is 0 Å². The van der Waals surface area contributed by atoms with Crippen LogP contribution in [-0.2, 0) is 11.3 Å². The first-order valence-corrected chi connectivity index (χ1v) is 9.58. The van der Waals surface area contributed by atoms with Gasteiger partial charge in [0.05, 0.1) is 5.56 Å². The highest BCUT2D eigenvalue weighted by Crippen LogP contribution is 2.19. The Hall–Kier alpha value is -2.86. The SMILES string of the molecule is CCCCOCCCNC(=O)c1cccc(COc2ccccc2C(N)=O)c1. The molecule has 0 radical (unpaired) electrons. The third-order valence-corrected chi connectivity index (χ3v) is 4.13. The number of benzene rings is 2. The molecule has 0 saturated carbocycles. The van der Waals surface area contributed by atoms with E-state index in [2.05, 4.69) is 12.2 Å². The number of primary amides is 1. The molecule has 2 aromatic rings. The standard InChI is InChI=1S/C22H28N2O4/c1-2-3-13-27-14-7-12-24-22(26)18-9-6-8-17(15-18)16-28-20-11-5-4-10-19(20)21(23)25/h4-6,8-11,15H,2-3,7,12-14,16H2,1H3,(H2,23,25)(H,24,26). The molecule has 2 aromatic carbocycles. The first-order valence-electron chi connectivity index (χ1n) is 9.58. The average Bonchev–Trinajstić information content (AvgIpc) is 2.71. The van der Waals surface area contributed by atoms with Gasteiger partial charge in [0, 0.05) is 25.3 Å². The molecule has 0 heterocycles. The van der Waals surface area contributed by atoms with E-state index in [0.717, 1.165) is 31.4 Å². The minimum atomic E-state index is -0.539. The van der Waals surface area contributed by atoms with E-state index in [0.29, 0.717) is 30.0 Å². The largest absolute Gasteiger partial charge is 0.488 e. The summed E-state index contributed by atoms with van der Waals surface area (Å²) < 4.78 is 11.2. The minimum absolute atomic E-state index is 0.132. The molecule has 0 spiro atoms. The van der Waals surface area contributed by atoms with Crippen LogP contribution in [0.25, 0.3) is 0 Å². The number of carbonyl (C=O) groups excluding carboxylic acids is 2. The zero-order chi connectivity index (χ0) is 20.2. The van der Waals surface area contributed by atoms with Gasteiger partial charge in [0.1, 0.15) is 12.4 Å². The Labute approximate surface area is 166 Å². The first kappa shape index (κ1) is 21.4. The van der Waals surface area contributed by atoms with Gasteiger partial charge in [0.25, 0.3) is 11.8 Å². The summed E-state index contributed by atoms with van der Waals surface area (Å²) in [5.41, 5.74) is 7.08. The van der Waals surface area contributed by atoms with Gasteiger partial charge < -0.3 is 20.5 Å². The molecule has 0 aromatic heterocycles. The van der Waals surface area contributed by atoms with Crippen LogP contribution in [0.2, 0.25) is 0 Å². The second kappa shape index (κ2) is 11.8. The van der Waals surface area contributed by atoms with Gasteiger partial charge >= 0.3 is 0 Å². The summed E-state index contributed by atoms with van der Waals surface area (Å²) >= 11 is 0. The molecule has 0 aliphatic rings. The molecule has 0 atom stereocenters. The number of hydrogen-bond donors (Lipinski definition) is 2. The van der Waals surface area contributed by atoms with Gasteiger partial charge in [-0.25, -0.2) is 0 Å². The van der Waals surface area contributed by atoms with E-state index in [-0.39, 0.29) is 12.5 Å². The van der Waals surface area contributed by atoms with E-state index in [1.165, 1.54) is 0 Å². The molecule has 0 fully saturated rings. The summed E-state index contributed by atoms with van der Waals surface area (Å²) in [6.45, 7) is 4.34. The fraction of sp³-hybridized carbons (Fsp3) is 0.364. The van der Waals surface area contributed by atoms with Crippen molar-refractivity contribution in [3.63, 3.8) is 0 Å². The summed E-state index contributed by atoms with van der Waals surface area (Å²) in [6.07, 6.45) is 2.96. The lowest BCUT2D eigenvalue weighted by molar-refractivity contribution is 0.0939. The van der Waals surface area contributed by atoms with Gasteiger partial charge in [-0.05, 0) is 42.7 Å². The Morgan fingerprint density at radius 2 is 1.82 bits per heavy atom. The lowest BCUT2D eigenvalue weighted by Crippen LogP contribution is -2.25. The molecule has 3 N–H and O–H groups in total. The number of ether oxygens (including phenoxy) is 2. The van der Waals surface area contributed by atoms with Crippen molar-refractivity contribution in [3.8, 4) is 5.75 Å². The highest BCUT2D eigenvalue weighted by Gasteiger charge is 2.10. The van der Waals surface area contributed by atoms with Crippen molar-refractivity contribution in [2.45, 2.75) is 32.8 Å². The molecule has 0 saturated heterocycles. The predicted octanol–water partition coefficient (Wildman–Crippen LogP) is 3.30. The first-order chi connectivity index (χ1) is 13.6. The molecule has 0 unspecified atom stereocenters. The quantitative estimate of drug-likeness (QED) is 0.549. The lowest BCUT2D eigenvalue weighted by atomic mass is 10.1. The Morgan fingerprint density at radius 1 is 1.04 bits per heavy atom. The van der Waals surface area contributed by atoms with E-state index < -0.39 is 5.91 Å². The zero-order valence-corrected chi connectivity index (χ0v) is 16.3. The normalized spacial score (nSPS) is 10.5. The highest BCUT2D eigenvalue weighted by molar-refractivity contribution is 5.95. The summed E-state index contributed by atoms with van der Waals surface area (Å²) in [7, 11) is 0. The van der Waals surface area contributed by atoms with E-state index in [1.807, 2.05) is 6.07 Å². The molecular formula is C22H28N2O4. The van der Waals surface area contributed by atoms with Crippen molar-refractivity contribution < 1.29 is 19.1 Å². The molecule has 28 heavy (non-hydrogen) atoms. The van der Waals surface area contributed by atoms with Crippen molar-refractivity contribution in [1.29, 1.82) is 0 Å². The van der Waals surface area contributed by atoms with Crippen molar-refractivity contribution >= 4 is 11.8 Å². The van der Waals surface area contributed by atoms with Crippen LogP contribution in [0, 0.1) is 0 Å². The molecular weight excluding hydrogens is 356 g/mol. The number of unbranched alkanes of at least 4 members (excludes halogenated alkanes) is 1. The number of amides is 2. The summed E-state index contributed by atoms with van der Waals surface area (Å²) in [5.74, 6) is -0.247. The highest BCUT2D eigenvalue weighted by atomic mass is 16.5.